The molecule has 1 unspecified atom stereocenters. The standard InChI is InChI=1S/C21H28N4O3/c1-15(24(2)3)10-11-22-19(26)17-12-18(20(27)23-13-17)21(28)25(4)14-16-8-6-5-7-9-16/h5-9,12-13,15H,10-11,14H2,1-4H3,(H,22,26)(H,23,27). The van der Waals surface area contributed by atoms with Crippen molar-refractivity contribution in [2.45, 2.75) is 25.9 Å². The zero-order valence-corrected chi connectivity index (χ0v) is 16.9. The van der Waals surface area contributed by atoms with Gasteiger partial charge < -0.3 is 20.1 Å². The van der Waals surface area contributed by atoms with Gasteiger partial charge >= 0.3 is 0 Å². The molecule has 0 aliphatic carbocycles. The van der Waals surface area contributed by atoms with Gasteiger partial charge in [0.25, 0.3) is 17.4 Å². The predicted octanol–water partition coefficient (Wildman–Crippen LogP) is 1.72. The third-order valence-corrected chi connectivity index (χ3v) is 4.73. The maximum atomic E-state index is 12.7. The smallest absolute Gasteiger partial charge is 0.260 e. The van der Waals surface area contributed by atoms with E-state index in [2.05, 4.69) is 22.1 Å². The fraction of sp³-hybridized carbons (Fsp3) is 0.381. The monoisotopic (exact) mass is 384 g/mol. The summed E-state index contributed by atoms with van der Waals surface area (Å²) >= 11 is 0. The molecule has 150 valence electrons. The van der Waals surface area contributed by atoms with Gasteiger partial charge in [0.15, 0.2) is 0 Å². The molecule has 2 N–H and O–H groups in total. The van der Waals surface area contributed by atoms with E-state index in [9.17, 15) is 14.4 Å². The molecular weight excluding hydrogens is 356 g/mol. The van der Waals surface area contributed by atoms with Gasteiger partial charge in [-0.3, -0.25) is 14.4 Å². The van der Waals surface area contributed by atoms with Gasteiger partial charge in [0.1, 0.15) is 5.56 Å². The Balaban J connectivity index is 2.06. The van der Waals surface area contributed by atoms with Gasteiger partial charge in [-0.2, -0.15) is 0 Å². The zero-order valence-electron chi connectivity index (χ0n) is 16.9. The maximum Gasteiger partial charge on any atom is 0.260 e. The Morgan fingerprint density at radius 1 is 1.14 bits per heavy atom. The average Bonchev–Trinajstić information content (AvgIpc) is 2.68. The first-order valence-corrected chi connectivity index (χ1v) is 9.26. The first-order chi connectivity index (χ1) is 13.3. The molecule has 0 radical (unpaired) electrons. The topological polar surface area (TPSA) is 85.5 Å². The molecular formula is C21H28N4O3. The summed E-state index contributed by atoms with van der Waals surface area (Å²) in [6.07, 6.45) is 2.13. The van der Waals surface area contributed by atoms with Crippen molar-refractivity contribution in [2.24, 2.45) is 0 Å². The molecule has 0 spiro atoms. The van der Waals surface area contributed by atoms with E-state index in [1.165, 1.54) is 17.2 Å². The van der Waals surface area contributed by atoms with Gasteiger partial charge in [-0.05, 0) is 39.1 Å². The first kappa shape index (κ1) is 21.4. The molecule has 1 heterocycles. The number of hydrogen-bond acceptors (Lipinski definition) is 4. The molecule has 0 aliphatic heterocycles. The lowest BCUT2D eigenvalue weighted by atomic mass is 10.1. The zero-order chi connectivity index (χ0) is 20.7. The van der Waals surface area contributed by atoms with Crippen LogP contribution in [0.2, 0.25) is 0 Å². The molecule has 7 nitrogen and oxygen atoms in total. The highest BCUT2D eigenvalue weighted by atomic mass is 16.2. The molecule has 1 aromatic carbocycles. The van der Waals surface area contributed by atoms with Crippen LogP contribution in [0.4, 0.5) is 0 Å². The van der Waals surface area contributed by atoms with Crippen molar-refractivity contribution in [1.29, 1.82) is 0 Å². The van der Waals surface area contributed by atoms with Crippen LogP contribution in [-0.4, -0.2) is 60.3 Å². The van der Waals surface area contributed by atoms with Gasteiger partial charge in [0.2, 0.25) is 0 Å². The Bertz CT molecular complexity index is 861. The summed E-state index contributed by atoms with van der Waals surface area (Å²) in [6.45, 7) is 2.96. The summed E-state index contributed by atoms with van der Waals surface area (Å²) in [7, 11) is 5.60. The molecule has 2 amide bonds. The summed E-state index contributed by atoms with van der Waals surface area (Å²) in [6, 6.07) is 11.2. The number of nitrogens with one attached hydrogen (secondary N) is 2. The number of amides is 2. The summed E-state index contributed by atoms with van der Waals surface area (Å²) in [4.78, 5) is 43.2. The van der Waals surface area contributed by atoms with Crippen LogP contribution in [0.15, 0.2) is 47.4 Å². The molecule has 0 saturated carbocycles. The minimum absolute atomic E-state index is 0.0484. The van der Waals surface area contributed by atoms with Crippen LogP contribution in [0.3, 0.4) is 0 Å². The SMILES string of the molecule is CC(CCNC(=O)c1c[nH]c(=O)c(C(=O)N(C)Cc2ccccc2)c1)N(C)C. The Morgan fingerprint density at radius 3 is 2.46 bits per heavy atom. The Labute approximate surface area is 165 Å². The molecule has 0 saturated heterocycles. The largest absolute Gasteiger partial charge is 0.352 e. The van der Waals surface area contributed by atoms with Crippen molar-refractivity contribution in [3.8, 4) is 0 Å². The number of aromatic amines is 1. The number of aromatic nitrogens is 1. The Morgan fingerprint density at radius 2 is 1.82 bits per heavy atom. The molecule has 2 rings (SSSR count). The molecule has 0 bridgehead atoms. The average molecular weight is 384 g/mol. The summed E-state index contributed by atoms with van der Waals surface area (Å²) in [5.41, 5.74) is 0.655. The summed E-state index contributed by atoms with van der Waals surface area (Å²) in [5.74, 6) is -0.747. The number of carbonyl (C=O) groups excluding carboxylic acids is 2. The number of benzene rings is 1. The fourth-order valence-corrected chi connectivity index (χ4v) is 2.66. The minimum Gasteiger partial charge on any atom is -0.352 e. The number of nitrogens with zero attached hydrogens (tertiary/aromatic N) is 2. The van der Waals surface area contributed by atoms with E-state index in [1.807, 2.05) is 44.4 Å². The molecule has 0 aliphatic rings. The summed E-state index contributed by atoms with van der Waals surface area (Å²) < 4.78 is 0. The normalized spacial score (nSPS) is 11.9. The van der Waals surface area contributed by atoms with Crippen molar-refractivity contribution in [1.82, 2.24) is 20.1 Å². The second kappa shape index (κ2) is 9.85. The minimum atomic E-state index is -0.511. The third-order valence-electron chi connectivity index (χ3n) is 4.73. The molecule has 28 heavy (non-hydrogen) atoms. The Hall–Kier alpha value is -2.93. The van der Waals surface area contributed by atoms with Gasteiger partial charge in [-0.15, -0.1) is 0 Å². The van der Waals surface area contributed by atoms with Crippen LogP contribution in [0.25, 0.3) is 0 Å². The number of H-pyrrole nitrogens is 1. The maximum absolute atomic E-state index is 12.7. The highest BCUT2D eigenvalue weighted by Crippen LogP contribution is 2.07. The van der Waals surface area contributed by atoms with Crippen LogP contribution in [-0.2, 0) is 6.54 Å². The van der Waals surface area contributed by atoms with Crippen LogP contribution < -0.4 is 10.9 Å². The van der Waals surface area contributed by atoms with Crippen molar-refractivity contribution >= 4 is 11.8 Å². The lowest BCUT2D eigenvalue weighted by molar-refractivity contribution is 0.0783. The van der Waals surface area contributed by atoms with Crippen molar-refractivity contribution in [2.75, 3.05) is 27.7 Å². The fourth-order valence-electron chi connectivity index (χ4n) is 2.66. The van der Waals surface area contributed by atoms with Gasteiger partial charge in [0.05, 0.1) is 5.56 Å². The van der Waals surface area contributed by atoms with Gasteiger partial charge in [-0.1, -0.05) is 30.3 Å². The van der Waals surface area contributed by atoms with Gasteiger partial charge in [0, 0.05) is 32.4 Å². The third kappa shape index (κ3) is 5.79. The number of pyridine rings is 1. The Kier molecular flexibility index (Phi) is 7.52. The molecule has 0 fully saturated rings. The van der Waals surface area contributed by atoms with E-state index in [0.29, 0.717) is 19.1 Å². The van der Waals surface area contributed by atoms with Crippen molar-refractivity contribution in [3.05, 3.63) is 69.6 Å². The molecule has 7 heteroatoms. The predicted molar refractivity (Wildman–Crippen MR) is 109 cm³/mol. The molecule has 1 aromatic heterocycles. The van der Waals surface area contributed by atoms with E-state index < -0.39 is 11.5 Å². The lowest BCUT2D eigenvalue weighted by Gasteiger charge is -2.19. The highest BCUT2D eigenvalue weighted by Gasteiger charge is 2.18. The van der Waals surface area contributed by atoms with Gasteiger partial charge in [-0.25, -0.2) is 0 Å². The van der Waals surface area contributed by atoms with E-state index in [1.54, 1.807) is 7.05 Å². The molecule has 2 aromatic rings. The van der Waals surface area contributed by atoms with E-state index in [0.717, 1.165) is 12.0 Å². The quantitative estimate of drug-likeness (QED) is 0.726. The van der Waals surface area contributed by atoms with E-state index in [4.69, 9.17) is 0 Å². The molecule has 1 atom stereocenters. The number of hydrogen-bond donors (Lipinski definition) is 2. The van der Waals surface area contributed by atoms with E-state index in [-0.39, 0.29) is 17.0 Å². The van der Waals surface area contributed by atoms with E-state index >= 15 is 0 Å². The van der Waals surface area contributed by atoms with Crippen LogP contribution in [0, 0.1) is 0 Å². The van der Waals surface area contributed by atoms with Crippen LogP contribution in [0.1, 0.15) is 39.6 Å². The second-order valence-electron chi connectivity index (χ2n) is 7.14. The number of rotatable bonds is 8. The van der Waals surface area contributed by atoms with Crippen molar-refractivity contribution < 1.29 is 9.59 Å². The van der Waals surface area contributed by atoms with Crippen molar-refractivity contribution in [3.63, 3.8) is 0 Å². The van der Waals surface area contributed by atoms with Crippen LogP contribution in [0.5, 0.6) is 0 Å². The first-order valence-electron chi connectivity index (χ1n) is 9.26. The highest BCUT2D eigenvalue weighted by molar-refractivity contribution is 5.99. The second-order valence-corrected chi connectivity index (χ2v) is 7.14. The number of carbonyl (C=O) groups is 2. The van der Waals surface area contributed by atoms with Crippen LogP contribution >= 0.6 is 0 Å². The lowest BCUT2D eigenvalue weighted by Crippen LogP contribution is -2.34. The summed E-state index contributed by atoms with van der Waals surface area (Å²) in [5, 5.41) is 2.83.